The molecule has 0 aromatic rings. The minimum absolute atomic E-state index is 0.0467. The van der Waals surface area contributed by atoms with E-state index in [9.17, 15) is 14.7 Å². The van der Waals surface area contributed by atoms with Crippen molar-refractivity contribution in [1.29, 1.82) is 0 Å². The Bertz CT molecular complexity index is 402. The Balaban J connectivity index is 2.14. The van der Waals surface area contributed by atoms with Crippen molar-refractivity contribution in [2.75, 3.05) is 25.4 Å². The number of thioether (sulfide) groups is 1. The molecule has 2 atom stereocenters. The van der Waals surface area contributed by atoms with Gasteiger partial charge in [0.05, 0.1) is 24.1 Å². The molecule has 0 aromatic carbocycles. The van der Waals surface area contributed by atoms with Gasteiger partial charge in [0.15, 0.2) is 0 Å². The third-order valence-electron chi connectivity index (χ3n) is 3.64. The van der Waals surface area contributed by atoms with Crippen LogP contribution in [0.5, 0.6) is 0 Å². The highest BCUT2D eigenvalue weighted by Crippen LogP contribution is 2.33. The second-order valence-corrected chi connectivity index (χ2v) is 6.98. The Morgan fingerprint density at radius 2 is 2.15 bits per heavy atom. The molecule has 1 N–H and O–H groups in total. The fourth-order valence-electron chi connectivity index (χ4n) is 2.67. The number of hydrogen-bond acceptors (Lipinski definition) is 4. The molecule has 20 heavy (non-hydrogen) atoms. The monoisotopic (exact) mass is 302 g/mol. The average molecular weight is 302 g/mol. The third kappa shape index (κ3) is 3.03. The van der Waals surface area contributed by atoms with Gasteiger partial charge >= 0.3 is 12.0 Å². The van der Waals surface area contributed by atoms with E-state index >= 15 is 0 Å². The molecule has 0 radical (unpaired) electrons. The lowest BCUT2D eigenvalue weighted by Gasteiger charge is -2.41. The highest BCUT2D eigenvalue weighted by molar-refractivity contribution is 8.00. The minimum atomic E-state index is -0.922. The summed E-state index contributed by atoms with van der Waals surface area (Å²) in [7, 11) is 0. The number of hydrogen-bond donors (Lipinski definition) is 1. The van der Waals surface area contributed by atoms with Gasteiger partial charge in [-0.05, 0) is 20.3 Å². The quantitative estimate of drug-likeness (QED) is 0.836. The number of amides is 2. The van der Waals surface area contributed by atoms with Crippen molar-refractivity contribution in [3.05, 3.63) is 0 Å². The average Bonchev–Trinajstić information content (AvgIpc) is 2.80. The van der Waals surface area contributed by atoms with Crippen molar-refractivity contribution in [2.24, 2.45) is 0 Å². The molecule has 2 rings (SSSR count). The standard InChI is InChI=1S/C13H22N2O4S/c1-4-10-15(9(7-20-10)11(16)17)12(18)14-5-6-19-13(2,3)8-14/h9-10H,4-8H2,1-3H3,(H,16,17). The molecule has 0 bridgehead atoms. The largest absolute Gasteiger partial charge is 0.480 e. The number of carbonyl (C=O) groups excluding carboxylic acids is 1. The van der Waals surface area contributed by atoms with Crippen LogP contribution < -0.4 is 0 Å². The maximum absolute atomic E-state index is 12.7. The van der Waals surface area contributed by atoms with E-state index in [2.05, 4.69) is 0 Å². The van der Waals surface area contributed by atoms with Gasteiger partial charge in [0.2, 0.25) is 0 Å². The molecule has 2 amide bonds. The van der Waals surface area contributed by atoms with Gasteiger partial charge in [-0.3, -0.25) is 4.90 Å². The van der Waals surface area contributed by atoms with Gasteiger partial charge in [-0.25, -0.2) is 9.59 Å². The first-order valence-corrected chi connectivity index (χ1v) is 7.96. The molecule has 2 heterocycles. The van der Waals surface area contributed by atoms with Crippen LogP contribution in [-0.2, 0) is 9.53 Å². The van der Waals surface area contributed by atoms with Crippen LogP contribution in [0, 0.1) is 0 Å². The molecule has 0 saturated carbocycles. The summed E-state index contributed by atoms with van der Waals surface area (Å²) in [5.41, 5.74) is -0.374. The first-order valence-electron chi connectivity index (χ1n) is 6.91. The van der Waals surface area contributed by atoms with Gasteiger partial charge in [-0.2, -0.15) is 0 Å². The highest BCUT2D eigenvalue weighted by Gasteiger charge is 2.44. The van der Waals surface area contributed by atoms with E-state index in [-0.39, 0.29) is 17.0 Å². The summed E-state index contributed by atoms with van der Waals surface area (Å²) in [6.45, 7) is 7.37. The first-order chi connectivity index (χ1) is 9.35. The second-order valence-electron chi connectivity index (χ2n) is 5.77. The zero-order valence-electron chi connectivity index (χ0n) is 12.2. The van der Waals surface area contributed by atoms with Gasteiger partial charge < -0.3 is 14.7 Å². The highest BCUT2D eigenvalue weighted by atomic mass is 32.2. The molecule has 2 unspecified atom stereocenters. The number of carbonyl (C=O) groups is 2. The molecule has 6 nitrogen and oxygen atoms in total. The Morgan fingerprint density at radius 3 is 2.70 bits per heavy atom. The predicted octanol–water partition coefficient (Wildman–Crippen LogP) is 1.46. The van der Waals surface area contributed by atoms with Crippen LogP contribution in [0.4, 0.5) is 4.79 Å². The van der Waals surface area contributed by atoms with Crippen LogP contribution in [0.3, 0.4) is 0 Å². The number of morpholine rings is 1. The molecule has 0 spiro atoms. The molecule has 2 saturated heterocycles. The summed E-state index contributed by atoms with van der Waals surface area (Å²) < 4.78 is 5.60. The fourth-order valence-corrected chi connectivity index (χ4v) is 4.01. The lowest BCUT2D eigenvalue weighted by molar-refractivity contribution is -0.141. The number of urea groups is 1. The van der Waals surface area contributed by atoms with Crippen molar-refractivity contribution in [3.63, 3.8) is 0 Å². The number of carboxylic acid groups (broad SMARTS) is 1. The Hall–Kier alpha value is -0.950. The van der Waals surface area contributed by atoms with Crippen molar-refractivity contribution in [2.45, 2.75) is 44.2 Å². The van der Waals surface area contributed by atoms with E-state index in [1.807, 2.05) is 20.8 Å². The molecule has 0 aliphatic carbocycles. The van der Waals surface area contributed by atoms with Crippen molar-refractivity contribution >= 4 is 23.8 Å². The number of aliphatic carboxylic acids is 1. The molecular formula is C13H22N2O4S. The summed E-state index contributed by atoms with van der Waals surface area (Å²) in [6.07, 6.45) is 0.758. The Labute approximate surface area is 123 Å². The zero-order chi connectivity index (χ0) is 14.9. The number of carboxylic acids is 1. The van der Waals surface area contributed by atoms with E-state index < -0.39 is 12.0 Å². The normalized spacial score (nSPS) is 29.6. The zero-order valence-corrected chi connectivity index (χ0v) is 13.0. The van der Waals surface area contributed by atoms with Crippen LogP contribution in [0.25, 0.3) is 0 Å². The van der Waals surface area contributed by atoms with Crippen LogP contribution >= 0.6 is 11.8 Å². The maximum Gasteiger partial charge on any atom is 0.327 e. The molecule has 2 fully saturated rings. The van der Waals surface area contributed by atoms with Crippen molar-refractivity contribution in [3.8, 4) is 0 Å². The van der Waals surface area contributed by atoms with Gasteiger partial charge in [0, 0.05) is 12.3 Å². The van der Waals surface area contributed by atoms with E-state index in [4.69, 9.17) is 4.74 Å². The fraction of sp³-hybridized carbons (Fsp3) is 0.846. The third-order valence-corrected chi connectivity index (χ3v) is 5.10. The van der Waals surface area contributed by atoms with Gasteiger partial charge in [0.1, 0.15) is 6.04 Å². The van der Waals surface area contributed by atoms with Crippen LogP contribution in [-0.4, -0.2) is 69.4 Å². The van der Waals surface area contributed by atoms with E-state index in [0.717, 1.165) is 6.42 Å². The predicted molar refractivity (Wildman–Crippen MR) is 76.8 cm³/mol. The van der Waals surface area contributed by atoms with Crippen molar-refractivity contribution < 1.29 is 19.4 Å². The number of ether oxygens (including phenoxy) is 1. The second kappa shape index (κ2) is 5.81. The van der Waals surface area contributed by atoms with Gasteiger partial charge in [-0.1, -0.05) is 6.92 Å². The van der Waals surface area contributed by atoms with E-state index in [1.165, 1.54) is 4.90 Å². The van der Waals surface area contributed by atoms with Gasteiger partial charge in [0.25, 0.3) is 0 Å². The topological polar surface area (TPSA) is 70.1 Å². The van der Waals surface area contributed by atoms with Gasteiger partial charge in [-0.15, -0.1) is 11.8 Å². The Kier molecular flexibility index (Phi) is 4.49. The molecule has 0 aromatic heterocycles. The number of nitrogens with zero attached hydrogens (tertiary/aromatic N) is 2. The number of rotatable bonds is 2. The molecule has 2 aliphatic rings. The smallest absolute Gasteiger partial charge is 0.327 e. The van der Waals surface area contributed by atoms with E-state index in [1.54, 1.807) is 16.7 Å². The lowest BCUT2D eigenvalue weighted by atomic mass is 10.1. The first kappa shape index (κ1) is 15.4. The minimum Gasteiger partial charge on any atom is -0.480 e. The lowest BCUT2D eigenvalue weighted by Crippen LogP contribution is -2.57. The molecular weight excluding hydrogens is 280 g/mol. The van der Waals surface area contributed by atoms with Crippen LogP contribution in [0.15, 0.2) is 0 Å². The van der Waals surface area contributed by atoms with Crippen LogP contribution in [0.2, 0.25) is 0 Å². The summed E-state index contributed by atoms with van der Waals surface area (Å²) in [4.78, 5) is 27.3. The summed E-state index contributed by atoms with van der Waals surface area (Å²) >= 11 is 1.55. The molecule has 7 heteroatoms. The molecule has 2 aliphatic heterocycles. The summed E-state index contributed by atoms with van der Waals surface area (Å²) in [5, 5.41) is 9.25. The van der Waals surface area contributed by atoms with E-state index in [0.29, 0.717) is 25.4 Å². The SMILES string of the molecule is CCC1SCC(C(=O)O)N1C(=O)N1CCOC(C)(C)C1. The maximum atomic E-state index is 12.7. The van der Waals surface area contributed by atoms with Crippen molar-refractivity contribution in [1.82, 2.24) is 9.80 Å². The molecule has 114 valence electrons. The van der Waals surface area contributed by atoms with Crippen LogP contribution in [0.1, 0.15) is 27.2 Å². The summed E-state index contributed by atoms with van der Waals surface area (Å²) in [6, 6.07) is -0.894. The summed E-state index contributed by atoms with van der Waals surface area (Å²) in [5.74, 6) is -0.456. The Morgan fingerprint density at radius 1 is 1.45 bits per heavy atom.